The van der Waals surface area contributed by atoms with E-state index in [1.54, 1.807) is 0 Å². The summed E-state index contributed by atoms with van der Waals surface area (Å²) in [6, 6.07) is 0. The van der Waals surface area contributed by atoms with Crippen LogP contribution in [0.5, 0.6) is 5.88 Å². The molecule has 0 saturated heterocycles. The molecule has 1 aromatic rings. The highest BCUT2D eigenvalue weighted by Crippen LogP contribution is 2.22. The number of aryl methyl sites for hydroxylation is 1. The van der Waals surface area contributed by atoms with Gasteiger partial charge in [-0.3, -0.25) is 0 Å². The second-order valence-corrected chi connectivity index (χ2v) is 1.95. The van der Waals surface area contributed by atoms with Crippen molar-refractivity contribution in [1.82, 2.24) is 9.55 Å². The molecule has 11 heavy (non-hydrogen) atoms. The van der Waals surface area contributed by atoms with E-state index < -0.39 is 4.92 Å². The summed E-state index contributed by atoms with van der Waals surface area (Å²) in [7, 11) is 2.88. The first kappa shape index (κ1) is 7.52. The third kappa shape index (κ3) is 1.14. The van der Waals surface area contributed by atoms with Crippen LogP contribution in [0.15, 0.2) is 6.33 Å². The first-order valence-electron chi connectivity index (χ1n) is 2.86. The monoisotopic (exact) mass is 157 g/mol. The number of hydrogen-bond donors (Lipinski definition) is 0. The second kappa shape index (κ2) is 2.57. The largest absolute Gasteiger partial charge is 0.475 e. The lowest BCUT2D eigenvalue weighted by Gasteiger charge is -1.95. The van der Waals surface area contributed by atoms with Crippen molar-refractivity contribution in [3.63, 3.8) is 0 Å². The van der Waals surface area contributed by atoms with E-state index >= 15 is 0 Å². The van der Waals surface area contributed by atoms with Gasteiger partial charge in [0.25, 0.3) is 0 Å². The lowest BCUT2D eigenvalue weighted by Crippen LogP contribution is -1.97. The molecular weight excluding hydrogens is 150 g/mol. The molecule has 0 aliphatic rings. The standard InChI is InChI=1S/C5H7N3O3/c1-7-3-6-4(11-2)5(7)8(9)10/h3H,1-2H3. The maximum atomic E-state index is 10.3. The number of imidazole rings is 1. The van der Waals surface area contributed by atoms with Crippen LogP contribution in [0.3, 0.4) is 0 Å². The number of rotatable bonds is 2. The minimum atomic E-state index is -0.536. The maximum absolute atomic E-state index is 10.3. The molecule has 1 aromatic heterocycles. The third-order valence-corrected chi connectivity index (χ3v) is 1.24. The van der Waals surface area contributed by atoms with Gasteiger partial charge in [0.1, 0.15) is 0 Å². The molecule has 0 saturated carbocycles. The lowest BCUT2D eigenvalue weighted by molar-refractivity contribution is -0.392. The molecule has 0 atom stereocenters. The van der Waals surface area contributed by atoms with Crippen molar-refractivity contribution in [3.8, 4) is 5.88 Å². The van der Waals surface area contributed by atoms with Crippen molar-refractivity contribution in [2.75, 3.05) is 7.11 Å². The summed E-state index contributed by atoms with van der Waals surface area (Å²) in [5.74, 6) is -0.0926. The summed E-state index contributed by atoms with van der Waals surface area (Å²) >= 11 is 0. The fourth-order valence-corrected chi connectivity index (χ4v) is 0.753. The van der Waals surface area contributed by atoms with Crippen LogP contribution >= 0.6 is 0 Å². The highest BCUT2D eigenvalue weighted by Gasteiger charge is 2.19. The molecule has 0 aliphatic carbocycles. The van der Waals surface area contributed by atoms with E-state index in [9.17, 15) is 10.1 Å². The van der Waals surface area contributed by atoms with Gasteiger partial charge in [-0.15, -0.1) is 0 Å². The van der Waals surface area contributed by atoms with E-state index in [4.69, 9.17) is 0 Å². The molecule has 0 fully saturated rings. The Balaban J connectivity index is 3.17. The summed E-state index contributed by atoms with van der Waals surface area (Å²) in [4.78, 5) is 13.4. The van der Waals surface area contributed by atoms with Gasteiger partial charge >= 0.3 is 11.7 Å². The Hall–Kier alpha value is -1.59. The summed E-state index contributed by atoms with van der Waals surface area (Å²) in [5.41, 5.74) is 0. The van der Waals surface area contributed by atoms with Crippen molar-refractivity contribution in [1.29, 1.82) is 0 Å². The minimum Gasteiger partial charge on any atom is -0.475 e. The van der Waals surface area contributed by atoms with Gasteiger partial charge in [-0.25, -0.2) is 4.57 Å². The molecular formula is C5H7N3O3. The van der Waals surface area contributed by atoms with E-state index in [1.807, 2.05) is 0 Å². The van der Waals surface area contributed by atoms with Gasteiger partial charge in [0.15, 0.2) is 6.33 Å². The van der Waals surface area contributed by atoms with Crippen LogP contribution in [0.25, 0.3) is 0 Å². The fraction of sp³-hybridized carbons (Fsp3) is 0.400. The van der Waals surface area contributed by atoms with Crippen LogP contribution in [0.4, 0.5) is 5.82 Å². The van der Waals surface area contributed by atoms with Crippen LogP contribution < -0.4 is 4.74 Å². The normalized spacial score (nSPS) is 9.64. The fourth-order valence-electron chi connectivity index (χ4n) is 0.753. The van der Waals surface area contributed by atoms with Crippen LogP contribution in [0.2, 0.25) is 0 Å². The zero-order chi connectivity index (χ0) is 8.43. The SMILES string of the molecule is COc1ncn(C)c1[N+](=O)[O-]. The van der Waals surface area contributed by atoms with E-state index in [2.05, 4.69) is 9.72 Å². The molecule has 0 aromatic carbocycles. The summed E-state index contributed by atoms with van der Waals surface area (Å²) < 4.78 is 5.94. The highest BCUT2D eigenvalue weighted by atomic mass is 16.6. The van der Waals surface area contributed by atoms with Crippen LogP contribution in [-0.4, -0.2) is 21.6 Å². The summed E-state index contributed by atoms with van der Waals surface area (Å²) in [6.07, 6.45) is 1.33. The van der Waals surface area contributed by atoms with Gasteiger partial charge in [-0.1, -0.05) is 0 Å². The molecule has 0 unspecified atom stereocenters. The van der Waals surface area contributed by atoms with Crippen molar-refractivity contribution in [2.24, 2.45) is 7.05 Å². The summed E-state index contributed by atoms with van der Waals surface area (Å²) in [6.45, 7) is 0. The van der Waals surface area contributed by atoms with Crippen LogP contribution in [-0.2, 0) is 7.05 Å². The first-order chi connectivity index (χ1) is 5.16. The van der Waals surface area contributed by atoms with E-state index in [-0.39, 0.29) is 11.7 Å². The Morgan fingerprint density at radius 1 is 1.82 bits per heavy atom. The molecule has 0 bridgehead atoms. The number of ether oxygens (including phenoxy) is 1. The Kier molecular flexibility index (Phi) is 1.75. The Bertz CT molecular complexity index is 281. The van der Waals surface area contributed by atoms with Crippen LogP contribution in [0.1, 0.15) is 0 Å². The van der Waals surface area contributed by atoms with Crippen LogP contribution in [0, 0.1) is 10.1 Å². The molecule has 1 heterocycles. The number of nitrogens with zero attached hydrogens (tertiary/aromatic N) is 3. The first-order valence-corrected chi connectivity index (χ1v) is 2.86. The average Bonchev–Trinajstić information content (AvgIpc) is 2.30. The Labute approximate surface area is 62.6 Å². The maximum Gasteiger partial charge on any atom is 0.386 e. The number of nitro groups is 1. The zero-order valence-electron chi connectivity index (χ0n) is 6.14. The van der Waals surface area contributed by atoms with Gasteiger partial charge in [-0.05, 0) is 4.92 Å². The van der Waals surface area contributed by atoms with E-state index in [0.717, 1.165) is 0 Å². The number of hydrogen-bond acceptors (Lipinski definition) is 4. The molecule has 6 heteroatoms. The van der Waals surface area contributed by atoms with Gasteiger partial charge in [0, 0.05) is 0 Å². The van der Waals surface area contributed by atoms with E-state index in [0.29, 0.717) is 0 Å². The predicted octanol–water partition coefficient (Wildman–Crippen LogP) is 0.337. The highest BCUT2D eigenvalue weighted by molar-refractivity contribution is 5.33. The third-order valence-electron chi connectivity index (χ3n) is 1.24. The minimum absolute atomic E-state index is 0.0394. The summed E-state index contributed by atoms with van der Waals surface area (Å²) in [5, 5.41) is 10.3. The molecule has 0 radical (unpaired) electrons. The van der Waals surface area contributed by atoms with Gasteiger partial charge in [0.2, 0.25) is 0 Å². The predicted molar refractivity (Wildman–Crippen MR) is 36.4 cm³/mol. The smallest absolute Gasteiger partial charge is 0.386 e. The second-order valence-electron chi connectivity index (χ2n) is 1.95. The van der Waals surface area contributed by atoms with Gasteiger partial charge in [0.05, 0.1) is 14.2 Å². The van der Waals surface area contributed by atoms with Crippen molar-refractivity contribution >= 4 is 5.82 Å². The topological polar surface area (TPSA) is 70.2 Å². The van der Waals surface area contributed by atoms with E-state index in [1.165, 1.54) is 25.1 Å². The molecule has 0 amide bonds. The van der Waals surface area contributed by atoms with Crippen molar-refractivity contribution in [2.45, 2.75) is 0 Å². The number of aromatic nitrogens is 2. The van der Waals surface area contributed by atoms with Crippen molar-refractivity contribution < 1.29 is 9.66 Å². The molecule has 0 aliphatic heterocycles. The quantitative estimate of drug-likeness (QED) is 0.458. The number of methoxy groups -OCH3 is 1. The van der Waals surface area contributed by atoms with Gasteiger partial charge < -0.3 is 14.9 Å². The molecule has 1 rings (SSSR count). The molecule has 0 spiro atoms. The lowest BCUT2D eigenvalue weighted by atomic mass is 10.7. The zero-order valence-corrected chi connectivity index (χ0v) is 6.14. The van der Waals surface area contributed by atoms with Gasteiger partial charge in [-0.2, -0.15) is 4.98 Å². The molecule has 0 N–H and O–H groups in total. The van der Waals surface area contributed by atoms with Crippen molar-refractivity contribution in [3.05, 3.63) is 16.4 Å². The Morgan fingerprint density at radius 2 is 2.45 bits per heavy atom. The Morgan fingerprint density at radius 3 is 2.82 bits per heavy atom. The average molecular weight is 157 g/mol. The molecule has 60 valence electrons. The molecule has 6 nitrogen and oxygen atoms in total.